The number of likely N-dealkylation sites (tertiary alicyclic amines) is 1. The van der Waals surface area contributed by atoms with E-state index >= 15 is 4.39 Å². The highest BCUT2D eigenvalue weighted by molar-refractivity contribution is 5.93. The Bertz CT molecular complexity index is 1300. The second kappa shape index (κ2) is 9.85. The van der Waals surface area contributed by atoms with Crippen LogP contribution in [-0.4, -0.2) is 44.7 Å². The molecule has 2 aromatic heterocycles. The summed E-state index contributed by atoms with van der Waals surface area (Å²) in [6.45, 7) is 3.83. The lowest BCUT2D eigenvalue weighted by molar-refractivity contribution is 0.248. The van der Waals surface area contributed by atoms with Crippen LogP contribution < -0.4 is 15.4 Å². The minimum Gasteiger partial charge on any atom is -0.457 e. The number of H-pyrrole nitrogens is 1. The van der Waals surface area contributed by atoms with E-state index in [0.717, 1.165) is 37.2 Å². The number of carbonyl (C=O) groups is 1. The van der Waals surface area contributed by atoms with E-state index in [1.165, 1.54) is 29.5 Å². The SMILES string of the molecule is CC1(N(C(N)=O)c2cc(Oc3ccnc(-c4cn[nH]c4)c3)ccc2F)C=C(N2CCCCC2)C=CC1. The molecule has 36 heavy (non-hydrogen) atoms. The molecule has 1 unspecified atom stereocenters. The number of anilines is 1. The highest BCUT2D eigenvalue weighted by Gasteiger charge is 2.37. The first-order valence-corrected chi connectivity index (χ1v) is 12.1. The van der Waals surface area contributed by atoms with E-state index in [2.05, 4.69) is 26.2 Å². The predicted molar refractivity (Wildman–Crippen MR) is 136 cm³/mol. The van der Waals surface area contributed by atoms with Crippen molar-refractivity contribution < 1.29 is 13.9 Å². The van der Waals surface area contributed by atoms with Crippen molar-refractivity contribution >= 4 is 11.7 Å². The van der Waals surface area contributed by atoms with Crippen LogP contribution in [0.3, 0.4) is 0 Å². The number of nitrogens with zero attached hydrogens (tertiary/aromatic N) is 4. The van der Waals surface area contributed by atoms with Gasteiger partial charge in [-0.3, -0.25) is 15.0 Å². The highest BCUT2D eigenvalue weighted by atomic mass is 19.1. The summed E-state index contributed by atoms with van der Waals surface area (Å²) < 4.78 is 21.2. The zero-order chi connectivity index (χ0) is 25.1. The Balaban J connectivity index is 1.45. The van der Waals surface area contributed by atoms with E-state index in [1.54, 1.807) is 30.7 Å². The number of piperidine rings is 1. The molecule has 0 bridgehead atoms. The average Bonchev–Trinajstić information content (AvgIpc) is 3.42. The molecular weight excluding hydrogens is 459 g/mol. The van der Waals surface area contributed by atoms with Gasteiger partial charge in [0.1, 0.15) is 17.3 Å². The van der Waals surface area contributed by atoms with Gasteiger partial charge in [0.25, 0.3) is 0 Å². The molecule has 1 aliphatic carbocycles. The summed E-state index contributed by atoms with van der Waals surface area (Å²) in [6, 6.07) is 7.06. The molecule has 0 radical (unpaired) electrons. The predicted octanol–water partition coefficient (Wildman–Crippen LogP) is 5.38. The summed E-state index contributed by atoms with van der Waals surface area (Å²) in [5.41, 5.74) is 7.61. The smallest absolute Gasteiger partial charge is 0.320 e. The Morgan fingerprint density at radius 3 is 2.75 bits per heavy atom. The number of allylic oxidation sites excluding steroid dienone is 1. The van der Waals surface area contributed by atoms with Crippen LogP contribution in [0.1, 0.15) is 32.6 Å². The topological polar surface area (TPSA) is 100 Å². The van der Waals surface area contributed by atoms with Crippen molar-refractivity contribution in [2.45, 2.75) is 38.1 Å². The summed E-state index contributed by atoms with van der Waals surface area (Å²) >= 11 is 0. The van der Waals surface area contributed by atoms with E-state index in [4.69, 9.17) is 10.5 Å². The van der Waals surface area contributed by atoms with Gasteiger partial charge in [0.2, 0.25) is 0 Å². The van der Waals surface area contributed by atoms with Gasteiger partial charge in [0.05, 0.1) is 23.1 Å². The number of nitrogens with one attached hydrogen (secondary N) is 1. The fourth-order valence-corrected chi connectivity index (χ4v) is 4.88. The number of rotatable bonds is 6. The summed E-state index contributed by atoms with van der Waals surface area (Å²) in [4.78, 5) is 20.7. The maximum atomic E-state index is 15.2. The maximum absolute atomic E-state index is 15.2. The molecule has 1 aliphatic heterocycles. The molecule has 9 heteroatoms. The molecule has 1 fully saturated rings. The number of aromatic nitrogens is 3. The zero-order valence-corrected chi connectivity index (χ0v) is 20.2. The van der Waals surface area contributed by atoms with Crippen molar-refractivity contribution in [2.75, 3.05) is 18.0 Å². The Morgan fingerprint density at radius 1 is 1.19 bits per heavy atom. The quantitative estimate of drug-likeness (QED) is 0.485. The molecule has 5 rings (SSSR count). The average molecular weight is 489 g/mol. The van der Waals surface area contributed by atoms with Crippen molar-refractivity contribution in [3.05, 3.63) is 78.7 Å². The maximum Gasteiger partial charge on any atom is 0.320 e. The Labute approximate surface area is 209 Å². The molecule has 1 saturated heterocycles. The first-order valence-electron chi connectivity index (χ1n) is 12.1. The second-order valence-electron chi connectivity index (χ2n) is 9.33. The molecule has 3 aromatic rings. The van der Waals surface area contributed by atoms with Gasteiger partial charge in [-0.2, -0.15) is 5.10 Å². The number of nitrogens with two attached hydrogens (primary N) is 1. The van der Waals surface area contributed by atoms with Crippen LogP contribution in [0.4, 0.5) is 14.9 Å². The first kappa shape index (κ1) is 23.6. The van der Waals surface area contributed by atoms with Gasteiger partial charge in [-0.1, -0.05) is 6.08 Å². The minimum absolute atomic E-state index is 0.0659. The van der Waals surface area contributed by atoms with Crippen molar-refractivity contribution in [1.29, 1.82) is 0 Å². The van der Waals surface area contributed by atoms with E-state index in [9.17, 15) is 4.79 Å². The fraction of sp³-hybridized carbons (Fsp3) is 0.296. The van der Waals surface area contributed by atoms with Crippen molar-refractivity contribution in [3.63, 3.8) is 0 Å². The molecule has 8 nitrogen and oxygen atoms in total. The number of halogens is 1. The number of amides is 2. The standard InChI is InChI=1S/C27H29FN6O2/c1-27(10-5-6-20(16-27)33-12-3-2-4-13-33)34(26(29)35)25-15-21(7-8-23(25)28)36-22-9-11-30-24(14-22)19-17-31-32-18-19/h5-9,11,14-18H,2-4,10,12-13H2,1H3,(H2,29,35)(H,31,32). The van der Waals surface area contributed by atoms with E-state index < -0.39 is 17.4 Å². The largest absolute Gasteiger partial charge is 0.457 e. The fourth-order valence-electron chi connectivity index (χ4n) is 4.88. The van der Waals surface area contributed by atoms with Crippen LogP contribution in [0.25, 0.3) is 11.3 Å². The van der Waals surface area contributed by atoms with Gasteiger partial charge in [-0.05, 0) is 63.0 Å². The first-order chi connectivity index (χ1) is 17.4. The van der Waals surface area contributed by atoms with E-state index in [-0.39, 0.29) is 5.69 Å². The van der Waals surface area contributed by atoms with Gasteiger partial charge in [0.15, 0.2) is 0 Å². The number of benzene rings is 1. The second-order valence-corrected chi connectivity index (χ2v) is 9.33. The van der Waals surface area contributed by atoms with Gasteiger partial charge < -0.3 is 15.4 Å². The van der Waals surface area contributed by atoms with E-state index in [0.29, 0.717) is 23.6 Å². The summed E-state index contributed by atoms with van der Waals surface area (Å²) in [6.07, 6.45) is 15.1. The number of urea groups is 1. The van der Waals surface area contributed by atoms with Crippen LogP contribution in [0.5, 0.6) is 11.5 Å². The number of primary amides is 1. The van der Waals surface area contributed by atoms with E-state index in [1.807, 2.05) is 19.1 Å². The summed E-state index contributed by atoms with van der Waals surface area (Å²) in [5, 5.41) is 6.70. The molecule has 0 spiro atoms. The molecule has 0 saturated carbocycles. The van der Waals surface area contributed by atoms with Crippen LogP contribution in [-0.2, 0) is 0 Å². The monoisotopic (exact) mass is 488 g/mol. The normalized spacial score (nSPS) is 19.6. The molecule has 3 N–H and O–H groups in total. The molecule has 1 aromatic carbocycles. The number of hydrogen-bond donors (Lipinski definition) is 2. The summed E-state index contributed by atoms with van der Waals surface area (Å²) in [7, 11) is 0. The zero-order valence-electron chi connectivity index (χ0n) is 20.2. The van der Waals surface area contributed by atoms with Crippen molar-refractivity contribution in [3.8, 4) is 22.8 Å². The molecule has 2 amide bonds. The molecular formula is C27H29FN6O2. The number of pyridine rings is 1. The highest BCUT2D eigenvalue weighted by Crippen LogP contribution is 2.37. The number of carbonyl (C=O) groups excluding carboxylic acids is 1. The van der Waals surface area contributed by atoms with Crippen molar-refractivity contribution in [1.82, 2.24) is 20.1 Å². The third kappa shape index (κ3) is 4.82. The lowest BCUT2D eigenvalue weighted by Crippen LogP contribution is -2.53. The molecule has 1 atom stereocenters. The van der Waals surface area contributed by atoms with Gasteiger partial charge in [0, 0.05) is 48.9 Å². The van der Waals surface area contributed by atoms with Crippen LogP contribution in [0.15, 0.2) is 72.8 Å². The van der Waals surface area contributed by atoms with Crippen LogP contribution in [0.2, 0.25) is 0 Å². The van der Waals surface area contributed by atoms with Crippen molar-refractivity contribution in [2.24, 2.45) is 5.73 Å². The lowest BCUT2D eigenvalue weighted by Gasteiger charge is -2.41. The lowest BCUT2D eigenvalue weighted by atomic mass is 9.88. The Morgan fingerprint density at radius 2 is 2.00 bits per heavy atom. The Kier molecular flexibility index (Phi) is 6.45. The van der Waals surface area contributed by atoms with Crippen LogP contribution in [0, 0.1) is 5.82 Å². The Hall–Kier alpha value is -4.14. The third-order valence-corrected chi connectivity index (χ3v) is 6.65. The molecule has 2 aliphatic rings. The van der Waals surface area contributed by atoms with Gasteiger partial charge >= 0.3 is 6.03 Å². The van der Waals surface area contributed by atoms with Gasteiger partial charge in [-0.25, -0.2) is 9.18 Å². The van der Waals surface area contributed by atoms with Crippen LogP contribution >= 0.6 is 0 Å². The number of ether oxygens (including phenoxy) is 1. The number of hydrogen-bond acceptors (Lipinski definition) is 5. The molecule has 186 valence electrons. The third-order valence-electron chi connectivity index (χ3n) is 6.65. The summed E-state index contributed by atoms with van der Waals surface area (Å²) in [5.74, 6) is 0.333. The minimum atomic E-state index is -0.835. The molecule has 3 heterocycles. The number of aromatic amines is 1. The van der Waals surface area contributed by atoms with Gasteiger partial charge in [-0.15, -0.1) is 0 Å².